The van der Waals surface area contributed by atoms with Crippen LogP contribution in [0.3, 0.4) is 0 Å². The van der Waals surface area contributed by atoms with Gasteiger partial charge in [-0.05, 0) is 67.1 Å². The smallest absolute Gasteiger partial charge is 0.321 e. The fourth-order valence-electron chi connectivity index (χ4n) is 4.70. The number of aryl methyl sites for hydroxylation is 1. The maximum Gasteiger partial charge on any atom is 0.321 e. The summed E-state index contributed by atoms with van der Waals surface area (Å²) in [6.07, 6.45) is 2.58. The van der Waals surface area contributed by atoms with Gasteiger partial charge in [-0.25, -0.2) is 9.78 Å². The van der Waals surface area contributed by atoms with Crippen molar-refractivity contribution in [1.82, 2.24) is 9.88 Å². The molecule has 0 aliphatic carbocycles. The maximum atomic E-state index is 12.9. The first kappa shape index (κ1) is 24.8. The zero-order valence-electron chi connectivity index (χ0n) is 21.0. The lowest BCUT2D eigenvalue weighted by atomic mass is 10.00. The molecule has 8 heteroatoms. The Labute approximate surface area is 208 Å². The minimum Gasteiger partial charge on any atom is -0.378 e. The molecular weight excluding hydrogens is 440 g/mol. The minimum atomic E-state index is -0.0350. The average Bonchev–Trinajstić information content (AvgIpc) is 3.35. The molecule has 0 radical (unpaired) electrons. The molecule has 2 fully saturated rings. The van der Waals surface area contributed by atoms with E-state index in [0.29, 0.717) is 25.6 Å². The Morgan fingerprint density at radius 3 is 2.77 bits per heavy atom. The van der Waals surface area contributed by atoms with E-state index in [2.05, 4.69) is 41.5 Å². The van der Waals surface area contributed by atoms with E-state index in [1.165, 1.54) is 0 Å². The number of aromatic nitrogens is 1. The minimum absolute atomic E-state index is 0.0144. The summed E-state index contributed by atoms with van der Waals surface area (Å²) < 4.78 is 5.53. The van der Waals surface area contributed by atoms with Crippen LogP contribution in [0.5, 0.6) is 0 Å². The van der Waals surface area contributed by atoms with Crippen molar-refractivity contribution in [3.8, 4) is 17.2 Å². The molecule has 8 nitrogen and oxygen atoms in total. The summed E-state index contributed by atoms with van der Waals surface area (Å²) in [5.74, 6) is 2.22. The number of morpholine rings is 1. The summed E-state index contributed by atoms with van der Waals surface area (Å²) in [5.41, 5.74) is 3.97. The maximum absolute atomic E-state index is 12.9. The van der Waals surface area contributed by atoms with E-state index in [-0.39, 0.29) is 12.1 Å². The van der Waals surface area contributed by atoms with Gasteiger partial charge in [-0.3, -0.25) is 0 Å². The van der Waals surface area contributed by atoms with E-state index < -0.39 is 0 Å². The quantitative estimate of drug-likeness (QED) is 0.592. The largest absolute Gasteiger partial charge is 0.378 e. The molecule has 0 saturated carbocycles. The number of carbonyl (C=O) groups excluding carboxylic acids is 1. The number of rotatable bonds is 7. The lowest BCUT2D eigenvalue weighted by Crippen LogP contribution is -2.36. The summed E-state index contributed by atoms with van der Waals surface area (Å²) in [7, 11) is 0. The second-order valence-corrected chi connectivity index (χ2v) is 9.58. The van der Waals surface area contributed by atoms with Crippen LogP contribution >= 0.6 is 0 Å². The van der Waals surface area contributed by atoms with Gasteiger partial charge < -0.3 is 25.2 Å². The molecule has 4 rings (SSSR count). The first-order chi connectivity index (χ1) is 17.0. The van der Waals surface area contributed by atoms with Crippen LogP contribution in [0, 0.1) is 24.2 Å². The molecule has 0 bridgehead atoms. The molecule has 35 heavy (non-hydrogen) atoms. The highest BCUT2D eigenvalue weighted by atomic mass is 16.5. The molecule has 1 aromatic heterocycles. The number of nitrogens with zero attached hydrogens (tertiary/aromatic N) is 4. The molecule has 1 aromatic carbocycles. The number of hydrogen-bond donors (Lipinski definition) is 2. The van der Waals surface area contributed by atoms with Crippen molar-refractivity contribution in [3.05, 3.63) is 35.9 Å². The van der Waals surface area contributed by atoms with Crippen molar-refractivity contribution >= 4 is 23.4 Å². The topological polar surface area (TPSA) is 93.5 Å². The van der Waals surface area contributed by atoms with Gasteiger partial charge >= 0.3 is 6.03 Å². The van der Waals surface area contributed by atoms with Gasteiger partial charge in [-0.1, -0.05) is 19.4 Å². The van der Waals surface area contributed by atoms with Crippen molar-refractivity contribution in [1.29, 1.82) is 5.26 Å². The third-order valence-corrected chi connectivity index (χ3v) is 6.89. The summed E-state index contributed by atoms with van der Waals surface area (Å²) in [5, 5.41) is 15.6. The first-order valence-electron chi connectivity index (χ1n) is 12.6. The summed E-state index contributed by atoms with van der Waals surface area (Å²) in [6, 6.07) is 12.3. The monoisotopic (exact) mass is 476 g/mol. The first-order valence-corrected chi connectivity index (χ1v) is 12.6. The number of carbonyl (C=O) groups is 1. The molecule has 2 amide bonds. The number of nitriles is 1. The summed E-state index contributed by atoms with van der Waals surface area (Å²) >= 11 is 0. The molecule has 2 atom stereocenters. The zero-order chi connectivity index (χ0) is 24.8. The van der Waals surface area contributed by atoms with E-state index in [1.54, 1.807) is 0 Å². The fourth-order valence-corrected chi connectivity index (χ4v) is 4.70. The fraction of sp³-hybridized carbons (Fsp3) is 0.519. The van der Waals surface area contributed by atoms with E-state index in [4.69, 9.17) is 15.0 Å². The van der Waals surface area contributed by atoms with Crippen molar-refractivity contribution in [3.63, 3.8) is 0 Å². The Kier molecular flexibility index (Phi) is 8.09. The predicted molar refractivity (Wildman–Crippen MR) is 140 cm³/mol. The second kappa shape index (κ2) is 11.4. The van der Waals surface area contributed by atoms with Crippen molar-refractivity contribution in [2.75, 3.05) is 54.9 Å². The average molecular weight is 477 g/mol. The standard InChI is InChI=1S/C27H36N6O2/c1-4-21-8-10-33(18-21)27(34)30-23-6-5-19(2)24(17-23)22-15-25(29-20(3)7-9-28)31-26(16-22)32-11-13-35-14-12-32/h5-6,15-17,20-21H,4,7-8,10-14,18H2,1-3H3,(H,29,31)(H,30,34)/t20?,21-/m1/s1. The van der Waals surface area contributed by atoms with E-state index in [9.17, 15) is 4.79 Å². The highest BCUT2D eigenvalue weighted by molar-refractivity contribution is 5.91. The second-order valence-electron chi connectivity index (χ2n) is 9.58. The number of urea groups is 1. The van der Waals surface area contributed by atoms with Gasteiger partial charge in [0.15, 0.2) is 0 Å². The van der Waals surface area contributed by atoms with Crippen LogP contribution in [0.1, 0.15) is 38.7 Å². The number of likely N-dealkylation sites (tertiary alicyclic amines) is 1. The van der Waals surface area contributed by atoms with Crippen molar-refractivity contribution in [2.24, 2.45) is 5.92 Å². The van der Waals surface area contributed by atoms with E-state index in [1.807, 2.05) is 36.1 Å². The third kappa shape index (κ3) is 6.23. The molecule has 2 saturated heterocycles. The molecular formula is C27H36N6O2. The summed E-state index contributed by atoms with van der Waals surface area (Å²) in [4.78, 5) is 21.8. The zero-order valence-corrected chi connectivity index (χ0v) is 21.0. The Balaban J connectivity index is 1.62. The lowest BCUT2D eigenvalue weighted by molar-refractivity contribution is 0.122. The van der Waals surface area contributed by atoms with Crippen LogP contribution in [-0.2, 0) is 4.74 Å². The molecule has 0 spiro atoms. The Bertz CT molecular complexity index is 1080. The molecule has 2 aliphatic heterocycles. The van der Waals surface area contributed by atoms with Gasteiger partial charge in [-0.15, -0.1) is 0 Å². The number of amides is 2. The van der Waals surface area contributed by atoms with Gasteiger partial charge in [0.25, 0.3) is 0 Å². The molecule has 2 aliphatic rings. The third-order valence-electron chi connectivity index (χ3n) is 6.89. The highest BCUT2D eigenvalue weighted by Gasteiger charge is 2.25. The number of anilines is 3. The molecule has 2 N–H and O–H groups in total. The normalized spacial score (nSPS) is 18.7. The molecule has 3 heterocycles. The van der Waals surface area contributed by atoms with Crippen molar-refractivity contribution in [2.45, 2.75) is 46.1 Å². The van der Waals surface area contributed by atoms with Crippen LogP contribution < -0.4 is 15.5 Å². The number of hydrogen-bond acceptors (Lipinski definition) is 6. The predicted octanol–water partition coefficient (Wildman–Crippen LogP) is 4.87. The molecule has 1 unspecified atom stereocenters. The van der Waals surface area contributed by atoms with Crippen LogP contribution in [0.15, 0.2) is 30.3 Å². The van der Waals surface area contributed by atoms with Crippen LogP contribution in [0.25, 0.3) is 11.1 Å². The number of ether oxygens (including phenoxy) is 1. The van der Waals surface area contributed by atoms with Crippen LogP contribution in [0.4, 0.5) is 22.1 Å². The van der Waals surface area contributed by atoms with Gasteiger partial charge in [-0.2, -0.15) is 5.26 Å². The van der Waals surface area contributed by atoms with E-state index in [0.717, 1.165) is 73.0 Å². The SMILES string of the molecule is CC[C@@H]1CCN(C(=O)Nc2ccc(C)c(-c3cc(NC(C)CC#N)nc(N4CCOCC4)c3)c2)C1. The Morgan fingerprint density at radius 2 is 2.06 bits per heavy atom. The molecule has 2 aromatic rings. The van der Waals surface area contributed by atoms with Crippen LogP contribution in [-0.4, -0.2) is 61.3 Å². The van der Waals surface area contributed by atoms with Gasteiger partial charge in [0.2, 0.25) is 0 Å². The number of benzene rings is 1. The van der Waals surface area contributed by atoms with Gasteiger partial charge in [0.05, 0.1) is 25.7 Å². The van der Waals surface area contributed by atoms with Gasteiger partial charge in [0.1, 0.15) is 11.6 Å². The lowest BCUT2D eigenvalue weighted by Gasteiger charge is -2.29. The van der Waals surface area contributed by atoms with Gasteiger partial charge in [0, 0.05) is 37.9 Å². The highest BCUT2D eigenvalue weighted by Crippen LogP contribution is 2.32. The van der Waals surface area contributed by atoms with Crippen LogP contribution in [0.2, 0.25) is 0 Å². The molecule has 186 valence electrons. The van der Waals surface area contributed by atoms with E-state index >= 15 is 0 Å². The number of pyridine rings is 1. The Hall–Kier alpha value is -3.31. The number of nitrogens with one attached hydrogen (secondary N) is 2. The Morgan fingerprint density at radius 1 is 1.26 bits per heavy atom. The summed E-state index contributed by atoms with van der Waals surface area (Å²) in [6.45, 7) is 10.8. The van der Waals surface area contributed by atoms with Crippen molar-refractivity contribution < 1.29 is 9.53 Å².